The van der Waals surface area contributed by atoms with E-state index >= 15 is 0 Å². The topological polar surface area (TPSA) is 63.4 Å². The Bertz CT molecular complexity index is 404. The van der Waals surface area contributed by atoms with E-state index in [0.29, 0.717) is 38.8 Å². The van der Waals surface area contributed by atoms with Crippen molar-refractivity contribution in [3.05, 3.63) is 0 Å². The van der Waals surface area contributed by atoms with Gasteiger partial charge in [-0.2, -0.15) is 13.2 Å². The molecule has 120 valence electrons. The van der Waals surface area contributed by atoms with E-state index in [2.05, 4.69) is 0 Å². The Balaban J connectivity index is 1.90. The number of nitrogens with two attached hydrogens (primary N) is 1. The van der Waals surface area contributed by atoms with Crippen molar-refractivity contribution >= 4 is 11.8 Å². The Labute approximate surface area is 121 Å². The van der Waals surface area contributed by atoms with Crippen LogP contribution < -0.4 is 5.73 Å². The summed E-state index contributed by atoms with van der Waals surface area (Å²) >= 11 is 0. The highest BCUT2D eigenvalue weighted by Crippen LogP contribution is 2.40. The standard InChI is InChI=1S/C14H21F3N2O2/c15-14(16,17)11-3-1-2-10(8-11)13(21)19-6-4-9(5-7-19)12(18)20/h9-11H,1-8H2,(H2,18,20)/t10-,11+/m0/s1. The van der Waals surface area contributed by atoms with Crippen LogP contribution in [0.1, 0.15) is 38.5 Å². The van der Waals surface area contributed by atoms with Crippen LogP contribution in [0.5, 0.6) is 0 Å². The maximum Gasteiger partial charge on any atom is 0.391 e. The van der Waals surface area contributed by atoms with Gasteiger partial charge in [0.15, 0.2) is 0 Å². The van der Waals surface area contributed by atoms with Crippen molar-refractivity contribution in [1.82, 2.24) is 4.90 Å². The highest BCUT2D eigenvalue weighted by molar-refractivity contribution is 5.80. The van der Waals surface area contributed by atoms with E-state index in [1.165, 1.54) is 0 Å². The first-order valence-corrected chi connectivity index (χ1v) is 7.44. The normalized spacial score (nSPS) is 28.4. The fourth-order valence-corrected chi connectivity index (χ4v) is 3.35. The third kappa shape index (κ3) is 3.89. The summed E-state index contributed by atoms with van der Waals surface area (Å²) in [5, 5.41) is 0. The van der Waals surface area contributed by atoms with Crippen molar-refractivity contribution in [2.75, 3.05) is 13.1 Å². The molecule has 0 aromatic carbocycles. The molecule has 2 rings (SSSR count). The second kappa shape index (κ2) is 6.23. The third-order valence-electron chi connectivity index (χ3n) is 4.70. The second-order valence-corrected chi connectivity index (χ2v) is 6.10. The van der Waals surface area contributed by atoms with E-state index in [1.54, 1.807) is 4.90 Å². The summed E-state index contributed by atoms with van der Waals surface area (Å²) in [5.74, 6) is -2.66. The summed E-state index contributed by atoms with van der Waals surface area (Å²) in [4.78, 5) is 25.0. The van der Waals surface area contributed by atoms with Crippen molar-refractivity contribution in [3.63, 3.8) is 0 Å². The summed E-state index contributed by atoms with van der Waals surface area (Å²) < 4.78 is 38.4. The van der Waals surface area contributed by atoms with E-state index in [4.69, 9.17) is 5.73 Å². The molecule has 2 amide bonds. The summed E-state index contributed by atoms with van der Waals surface area (Å²) in [6.45, 7) is 0.833. The average molecular weight is 306 g/mol. The van der Waals surface area contributed by atoms with Crippen molar-refractivity contribution < 1.29 is 22.8 Å². The molecule has 21 heavy (non-hydrogen) atoms. The Hall–Kier alpha value is -1.27. The van der Waals surface area contributed by atoms with Gasteiger partial charge in [-0.25, -0.2) is 0 Å². The van der Waals surface area contributed by atoms with E-state index in [9.17, 15) is 22.8 Å². The van der Waals surface area contributed by atoms with Crippen LogP contribution in [0.25, 0.3) is 0 Å². The zero-order valence-corrected chi connectivity index (χ0v) is 11.9. The lowest BCUT2D eigenvalue weighted by molar-refractivity contribution is -0.187. The molecular formula is C14H21F3N2O2. The molecule has 0 spiro atoms. The lowest BCUT2D eigenvalue weighted by Crippen LogP contribution is -2.45. The van der Waals surface area contributed by atoms with Crippen LogP contribution in [-0.4, -0.2) is 36.0 Å². The van der Waals surface area contributed by atoms with Crippen LogP contribution >= 0.6 is 0 Å². The van der Waals surface area contributed by atoms with Crippen molar-refractivity contribution in [1.29, 1.82) is 0 Å². The van der Waals surface area contributed by atoms with E-state index in [1.807, 2.05) is 0 Å². The van der Waals surface area contributed by atoms with Gasteiger partial charge in [-0.3, -0.25) is 9.59 Å². The maximum atomic E-state index is 12.8. The number of hydrogen-bond donors (Lipinski definition) is 1. The van der Waals surface area contributed by atoms with Crippen LogP contribution in [0, 0.1) is 17.8 Å². The smallest absolute Gasteiger partial charge is 0.369 e. The van der Waals surface area contributed by atoms with Crippen molar-refractivity contribution in [2.24, 2.45) is 23.5 Å². The van der Waals surface area contributed by atoms with Gasteiger partial charge >= 0.3 is 6.18 Å². The number of halogens is 3. The molecule has 2 atom stereocenters. The number of likely N-dealkylation sites (tertiary alicyclic amines) is 1. The lowest BCUT2D eigenvalue weighted by Gasteiger charge is -2.36. The number of primary amides is 1. The fourth-order valence-electron chi connectivity index (χ4n) is 3.35. The number of carbonyl (C=O) groups excluding carboxylic acids is 2. The summed E-state index contributed by atoms with van der Waals surface area (Å²) in [6.07, 6.45) is -2.19. The fraction of sp³-hybridized carbons (Fsp3) is 0.857. The molecule has 2 aliphatic rings. The number of carbonyl (C=O) groups is 2. The molecule has 4 nitrogen and oxygen atoms in total. The monoisotopic (exact) mass is 306 g/mol. The number of amides is 2. The molecule has 0 aromatic rings. The van der Waals surface area contributed by atoms with Gasteiger partial charge in [0.2, 0.25) is 11.8 Å². The van der Waals surface area contributed by atoms with Crippen LogP contribution in [0.2, 0.25) is 0 Å². The number of rotatable bonds is 2. The molecule has 2 N–H and O–H groups in total. The minimum atomic E-state index is -4.21. The number of nitrogens with zero attached hydrogens (tertiary/aromatic N) is 1. The van der Waals surface area contributed by atoms with Crippen LogP contribution in [-0.2, 0) is 9.59 Å². The second-order valence-electron chi connectivity index (χ2n) is 6.10. The van der Waals surface area contributed by atoms with Crippen LogP contribution in [0.3, 0.4) is 0 Å². The zero-order chi connectivity index (χ0) is 15.6. The molecule has 7 heteroatoms. The average Bonchev–Trinajstić information content (AvgIpc) is 2.46. The predicted octanol–water partition coefficient (Wildman–Crippen LogP) is 2.08. The lowest BCUT2D eigenvalue weighted by atomic mass is 9.80. The van der Waals surface area contributed by atoms with Gasteiger partial charge in [-0.05, 0) is 32.1 Å². The third-order valence-corrected chi connectivity index (χ3v) is 4.70. The van der Waals surface area contributed by atoms with Crippen molar-refractivity contribution in [3.8, 4) is 0 Å². The molecule has 0 unspecified atom stereocenters. The maximum absolute atomic E-state index is 12.8. The Morgan fingerprint density at radius 3 is 2.14 bits per heavy atom. The number of alkyl halides is 3. The first-order chi connectivity index (χ1) is 9.79. The molecule has 2 fully saturated rings. The molecule has 1 saturated carbocycles. The molecule has 1 saturated heterocycles. The molecule has 0 bridgehead atoms. The van der Waals surface area contributed by atoms with Gasteiger partial charge < -0.3 is 10.6 Å². The van der Waals surface area contributed by atoms with Crippen LogP contribution in [0.15, 0.2) is 0 Å². The van der Waals surface area contributed by atoms with Gasteiger partial charge in [0.25, 0.3) is 0 Å². The highest BCUT2D eigenvalue weighted by Gasteiger charge is 2.44. The minimum absolute atomic E-state index is 0.0991. The van der Waals surface area contributed by atoms with Gasteiger partial charge in [0.05, 0.1) is 5.92 Å². The van der Waals surface area contributed by atoms with Crippen LogP contribution in [0.4, 0.5) is 13.2 Å². The van der Waals surface area contributed by atoms with E-state index in [0.717, 1.165) is 0 Å². The summed E-state index contributed by atoms with van der Waals surface area (Å²) in [7, 11) is 0. The molecule has 1 aliphatic heterocycles. The first-order valence-electron chi connectivity index (χ1n) is 7.44. The largest absolute Gasteiger partial charge is 0.391 e. The van der Waals surface area contributed by atoms with Gasteiger partial charge in [-0.15, -0.1) is 0 Å². The van der Waals surface area contributed by atoms with Gasteiger partial charge in [0, 0.05) is 24.9 Å². The molecule has 0 radical (unpaired) electrons. The zero-order valence-electron chi connectivity index (χ0n) is 11.9. The number of hydrogen-bond acceptors (Lipinski definition) is 2. The molecular weight excluding hydrogens is 285 g/mol. The predicted molar refractivity (Wildman–Crippen MR) is 70.0 cm³/mol. The number of piperidine rings is 1. The Morgan fingerprint density at radius 2 is 1.62 bits per heavy atom. The Kier molecular flexibility index (Phi) is 4.78. The Morgan fingerprint density at radius 1 is 1.00 bits per heavy atom. The van der Waals surface area contributed by atoms with E-state index in [-0.39, 0.29) is 30.6 Å². The van der Waals surface area contributed by atoms with Gasteiger partial charge in [0.1, 0.15) is 0 Å². The highest BCUT2D eigenvalue weighted by atomic mass is 19.4. The molecule has 1 heterocycles. The quantitative estimate of drug-likeness (QED) is 0.849. The first kappa shape index (κ1) is 16.1. The molecule has 1 aliphatic carbocycles. The SMILES string of the molecule is NC(=O)C1CCN(C(=O)[C@H]2CCC[C@@H](C(F)(F)F)C2)CC1. The van der Waals surface area contributed by atoms with E-state index < -0.39 is 18.0 Å². The summed E-state index contributed by atoms with van der Waals surface area (Å²) in [5.41, 5.74) is 5.23. The van der Waals surface area contributed by atoms with Crippen molar-refractivity contribution in [2.45, 2.75) is 44.7 Å². The minimum Gasteiger partial charge on any atom is -0.369 e. The molecule has 0 aromatic heterocycles. The summed E-state index contributed by atoms with van der Waals surface area (Å²) in [6, 6.07) is 0. The van der Waals surface area contributed by atoms with Gasteiger partial charge in [-0.1, -0.05) is 6.42 Å².